The van der Waals surface area contributed by atoms with Crippen LogP contribution in [-0.4, -0.2) is 16.0 Å². The second kappa shape index (κ2) is 12.4. The fraction of sp³-hybridized carbons (Fsp3) is 0. The molecule has 0 saturated heterocycles. The first kappa shape index (κ1) is 14.0. The van der Waals surface area contributed by atoms with Crippen LogP contribution in [0, 0.1) is 0 Å². The van der Waals surface area contributed by atoms with Crippen molar-refractivity contribution in [1.29, 1.82) is 0 Å². The third-order valence-corrected chi connectivity index (χ3v) is 9.97. The molecule has 5 heteroatoms. The van der Waals surface area contributed by atoms with E-state index in [4.69, 9.17) is 35.4 Å². The second-order valence-corrected chi connectivity index (χ2v) is 13.1. The Labute approximate surface area is 387 Å². The maximum absolute atomic E-state index is 10.2. The Balaban J connectivity index is 1.19. The molecule has 0 spiro atoms. The average molecular weight is 786 g/mol. The number of aromatic nitrogens is 2. The van der Waals surface area contributed by atoms with Crippen molar-refractivity contribution in [3.05, 3.63) is 199 Å². The minimum absolute atomic E-state index is 0.499. The normalized spacial score (nSPS) is 20.5. The van der Waals surface area contributed by atoms with Crippen LogP contribution in [0.5, 0.6) is 17.2 Å². The monoisotopic (exact) mass is 785 g/mol. The predicted molar refractivity (Wildman–Crippen MR) is 244 cm³/mol. The highest BCUT2D eigenvalue weighted by molar-refractivity contribution is 6.84. The van der Waals surface area contributed by atoms with Gasteiger partial charge in [0.15, 0.2) is 0 Å². The molecule has 0 N–H and O–H groups in total. The van der Waals surface area contributed by atoms with E-state index in [-0.39, 0.29) is 0 Å². The van der Waals surface area contributed by atoms with E-state index in [0.29, 0.717) is 9.13 Å². The van der Waals surface area contributed by atoms with E-state index in [9.17, 15) is 19.2 Å². The summed E-state index contributed by atoms with van der Waals surface area (Å²) in [4.78, 5) is 0. The number of nitrogens with zero attached hydrogens (tertiary/aromatic N) is 2. The number of ether oxygens (including phenoxy) is 1. The molecule has 13 rings (SSSR count). The summed E-state index contributed by atoms with van der Waals surface area (Å²) in [6.07, 6.45) is 0. The van der Waals surface area contributed by atoms with Crippen LogP contribution in [-0.2, 0) is 0 Å². The molecule has 0 fully saturated rings. The van der Waals surface area contributed by atoms with E-state index in [1.807, 2.05) is 0 Å². The van der Waals surface area contributed by atoms with Crippen molar-refractivity contribution in [3.63, 3.8) is 0 Å². The van der Waals surface area contributed by atoms with Gasteiger partial charge < -0.3 is 18.5 Å². The lowest BCUT2D eigenvalue weighted by atomic mass is 9.50. The minimum atomic E-state index is -2.05. The summed E-state index contributed by atoms with van der Waals surface area (Å²) in [6, 6.07) is -31.8. The molecule has 9 aromatic carbocycles. The Bertz CT molecular complexity index is 5310. The lowest BCUT2D eigenvalue weighted by Gasteiger charge is -2.33. The van der Waals surface area contributed by atoms with Gasteiger partial charge in [0.2, 0.25) is 0 Å². The fourth-order valence-electron chi connectivity index (χ4n) is 7.52. The van der Waals surface area contributed by atoms with Crippen molar-refractivity contribution >= 4 is 61.5 Å². The molecule has 2 aliphatic rings. The van der Waals surface area contributed by atoms with Crippen molar-refractivity contribution in [2.45, 2.75) is 0 Å². The molecule has 0 radical (unpaired) electrons. The highest BCUT2D eigenvalue weighted by Crippen LogP contribution is 2.45. The molecule has 2 aliphatic heterocycles. The quantitative estimate of drug-likeness (QED) is 0.166. The Kier molecular flexibility index (Phi) is 2.93. The molecule has 59 heavy (non-hydrogen) atoms. The standard InChI is InChI=1S/C54H33BN2O2/c1-7-22-46(57-49-25-10-4-19-41(49)42-20-5-11-26-50(42)57)38(16-1)35-28-29-43-44-31-36(33-53-54(44)55(59-52(43)32-35)45-21-6-12-27-51(45)58-53)34-14-13-15-37(30-34)56-47-23-8-2-17-39(47)40-18-3-9-24-48(40)56/h1-33H/i1D,2D,3D,4D,5D,6D,7D,8D,9D,10D,11D,12D,13D,14D,15D,16D,17D,18D,19D,20D,21D,22D,23D,24D,25D,26D,27D,28D,29D,30D,31D,32D,33D. The zero-order valence-corrected chi connectivity index (χ0v) is 29.3. The highest BCUT2D eigenvalue weighted by Gasteiger charge is 2.41. The van der Waals surface area contributed by atoms with Gasteiger partial charge in [-0.05, 0) is 88.7 Å². The Morgan fingerprint density at radius 1 is 0.390 bits per heavy atom. The highest BCUT2D eigenvalue weighted by atomic mass is 16.5. The van der Waals surface area contributed by atoms with Crippen LogP contribution in [0.4, 0.5) is 0 Å². The van der Waals surface area contributed by atoms with Gasteiger partial charge in [-0.25, -0.2) is 0 Å². The SMILES string of the molecule is [2H]c1c([2H])c([2H])c2c(c1[2H])Oc1c([2H])c(-c3c([2H])c([2H])c([2H])c(-n4c5c([2H])c([2H])c([2H])c([2H])c5c5c([2H])c([2H])c([2H])c([2H])c54)c3[2H])c([2H])c3c1B2Oc1c([2H])c(-c2c([2H])c([2H])c([2H])c([2H])c2-n2c4c([2H])c([2H])c([2H])c([2H])c4c4c([2H])c([2H])c([2H])c([2H])c42)c([2H])c([2H])c1-3. The van der Waals surface area contributed by atoms with E-state index in [1.165, 1.54) is 0 Å². The van der Waals surface area contributed by atoms with Gasteiger partial charge >= 0.3 is 6.92 Å². The summed E-state index contributed by atoms with van der Waals surface area (Å²) in [5.41, 5.74) is -10.6. The zero-order valence-electron chi connectivity index (χ0n) is 62.3. The van der Waals surface area contributed by atoms with Crippen molar-refractivity contribution in [1.82, 2.24) is 9.13 Å². The maximum atomic E-state index is 10.2. The van der Waals surface area contributed by atoms with Crippen molar-refractivity contribution < 1.29 is 54.6 Å². The number of hydrogen-bond acceptors (Lipinski definition) is 2. The topological polar surface area (TPSA) is 28.3 Å². The zero-order chi connectivity index (χ0) is 67.3. The first-order chi connectivity index (χ1) is 43.0. The Morgan fingerprint density at radius 3 is 1.69 bits per heavy atom. The third-order valence-electron chi connectivity index (χ3n) is 9.97. The summed E-state index contributed by atoms with van der Waals surface area (Å²) >= 11 is 0. The molecular weight excluding hydrogens is 719 g/mol. The number of hydrogen-bond donors (Lipinski definition) is 0. The summed E-state index contributed by atoms with van der Waals surface area (Å²) in [7, 11) is 0. The van der Waals surface area contributed by atoms with Crippen LogP contribution >= 0.6 is 0 Å². The predicted octanol–water partition coefficient (Wildman–Crippen LogP) is 12.5. The molecule has 2 aromatic heterocycles. The van der Waals surface area contributed by atoms with Gasteiger partial charge in [0, 0.05) is 49.3 Å². The van der Waals surface area contributed by atoms with Gasteiger partial charge in [-0.1, -0.05) is 133 Å². The molecule has 11 aromatic rings. The molecule has 0 bridgehead atoms. The molecule has 274 valence electrons. The largest absolute Gasteiger partial charge is 0.551 e. The first-order valence-electron chi connectivity index (χ1n) is 34.0. The van der Waals surface area contributed by atoms with E-state index in [0.717, 1.165) is 0 Å². The number of para-hydroxylation sites is 6. The summed E-state index contributed by atoms with van der Waals surface area (Å²) in [5.74, 6) is -2.42. The lowest BCUT2D eigenvalue weighted by molar-refractivity contribution is 0.479. The number of fused-ring (bicyclic) bond motifs is 10. The Hall–Kier alpha value is -7.76. The number of rotatable bonds is 4. The van der Waals surface area contributed by atoms with Crippen LogP contribution in [0.2, 0.25) is 0 Å². The molecule has 0 atom stereocenters. The third kappa shape index (κ3) is 4.73. The van der Waals surface area contributed by atoms with Crippen molar-refractivity contribution in [3.8, 4) is 62.0 Å². The van der Waals surface area contributed by atoms with Crippen LogP contribution in [0.15, 0.2) is 199 Å². The molecule has 4 nitrogen and oxygen atoms in total. The molecule has 0 saturated carbocycles. The summed E-state index contributed by atoms with van der Waals surface area (Å²) in [6.45, 7) is -2.05. The van der Waals surface area contributed by atoms with Crippen LogP contribution in [0.25, 0.3) is 88.4 Å². The van der Waals surface area contributed by atoms with Gasteiger partial charge in [0.25, 0.3) is 0 Å². The van der Waals surface area contributed by atoms with E-state index in [2.05, 4.69) is 0 Å². The maximum Gasteiger partial charge on any atom is 0.434 e. The van der Waals surface area contributed by atoms with Crippen molar-refractivity contribution in [2.24, 2.45) is 0 Å². The molecular formula is C54H33BN2O2. The lowest BCUT2D eigenvalue weighted by Crippen LogP contribution is -2.53. The van der Waals surface area contributed by atoms with Crippen LogP contribution in [0.1, 0.15) is 45.2 Å². The van der Waals surface area contributed by atoms with E-state index in [1.54, 1.807) is 0 Å². The van der Waals surface area contributed by atoms with Gasteiger partial charge in [-0.3, -0.25) is 0 Å². The first-order valence-corrected chi connectivity index (χ1v) is 17.5. The molecule has 0 amide bonds. The van der Waals surface area contributed by atoms with E-state index < -0.39 is 323 Å². The minimum Gasteiger partial charge on any atom is -0.551 e. The van der Waals surface area contributed by atoms with Gasteiger partial charge in [0.1, 0.15) is 17.2 Å². The van der Waals surface area contributed by atoms with E-state index >= 15 is 0 Å². The van der Waals surface area contributed by atoms with Gasteiger partial charge in [-0.15, -0.1) is 0 Å². The number of benzene rings is 9. The summed E-state index contributed by atoms with van der Waals surface area (Å²) < 4.78 is 316. The second-order valence-electron chi connectivity index (χ2n) is 13.1. The van der Waals surface area contributed by atoms with Gasteiger partial charge in [-0.2, -0.15) is 0 Å². The fourth-order valence-corrected chi connectivity index (χ4v) is 7.52. The summed E-state index contributed by atoms with van der Waals surface area (Å²) in [5, 5.41) is -2.13. The van der Waals surface area contributed by atoms with Crippen LogP contribution < -0.4 is 20.3 Å². The average Bonchev–Trinajstić information content (AvgIpc) is 0.933. The van der Waals surface area contributed by atoms with Crippen LogP contribution in [0.3, 0.4) is 0 Å². The Morgan fingerprint density at radius 2 is 0.983 bits per heavy atom. The molecule has 4 heterocycles. The molecule has 0 aliphatic carbocycles. The smallest absolute Gasteiger partial charge is 0.434 e. The molecule has 0 unspecified atom stereocenters. The van der Waals surface area contributed by atoms with Crippen molar-refractivity contribution in [2.75, 3.05) is 0 Å². The van der Waals surface area contributed by atoms with Gasteiger partial charge in [0.05, 0.1) is 73.0 Å².